The molecule has 2 atom stereocenters. The summed E-state index contributed by atoms with van der Waals surface area (Å²) in [5.41, 5.74) is 2.12. The summed E-state index contributed by atoms with van der Waals surface area (Å²) in [7, 11) is 0. The molecule has 0 aliphatic heterocycles. The minimum atomic E-state index is -0.516. The highest BCUT2D eigenvalue weighted by atomic mass is 16.5. The second kappa shape index (κ2) is 11.4. The molecule has 2 rings (SSSR count). The first kappa shape index (κ1) is 20.1. The number of rotatable bonds is 11. The smallest absolute Gasteiger partial charge is 0.306 e. The summed E-state index contributed by atoms with van der Waals surface area (Å²) >= 11 is 0. The molecule has 2 aromatic rings. The molecule has 26 heavy (non-hydrogen) atoms. The first-order valence-corrected chi connectivity index (χ1v) is 9.19. The second-order valence-electron chi connectivity index (χ2n) is 6.67. The van der Waals surface area contributed by atoms with Crippen molar-refractivity contribution in [3.05, 3.63) is 71.8 Å². The van der Waals surface area contributed by atoms with Crippen LogP contribution in [-0.2, 0) is 22.6 Å². The van der Waals surface area contributed by atoms with Gasteiger partial charge in [-0.25, -0.2) is 0 Å². The number of esters is 1. The van der Waals surface area contributed by atoms with Gasteiger partial charge < -0.3 is 14.9 Å². The van der Waals surface area contributed by atoms with Gasteiger partial charge in [0.25, 0.3) is 0 Å². The van der Waals surface area contributed by atoms with Crippen LogP contribution < -0.4 is 0 Å². The number of ether oxygens (including phenoxy) is 1. The molecular weight excluding hydrogens is 328 g/mol. The molecule has 0 aliphatic rings. The van der Waals surface area contributed by atoms with Gasteiger partial charge in [0.15, 0.2) is 0 Å². The van der Waals surface area contributed by atoms with Gasteiger partial charge >= 0.3 is 5.97 Å². The number of carbonyl (C=O) groups is 1. The Balaban J connectivity index is 1.62. The van der Waals surface area contributed by atoms with E-state index in [0.717, 1.165) is 17.5 Å². The Kier molecular flexibility index (Phi) is 8.87. The van der Waals surface area contributed by atoms with Crippen LogP contribution in [0, 0.1) is 5.92 Å². The van der Waals surface area contributed by atoms with Gasteiger partial charge in [0.2, 0.25) is 0 Å². The van der Waals surface area contributed by atoms with Gasteiger partial charge in [-0.2, -0.15) is 0 Å². The Morgan fingerprint density at radius 3 is 2.19 bits per heavy atom. The minimum Gasteiger partial charge on any atom is -0.461 e. The Bertz CT molecular complexity index is 627. The molecule has 0 heterocycles. The van der Waals surface area contributed by atoms with Gasteiger partial charge in [0.1, 0.15) is 6.61 Å². The normalized spacial score (nSPS) is 13.2. The largest absolute Gasteiger partial charge is 0.461 e. The summed E-state index contributed by atoms with van der Waals surface area (Å²) in [6.07, 6.45) is 2.17. The highest BCUT2D eigenvalue weighted by Crippen LogP contribution is 2.17. The number of benzene rings is 2. The number of aliphatic hydroxyl groups excluding tert-OH is 2. The maximum absolute atomic E-state index is 11.8. The van der Waals surface area contributed by atoms with Crippen LogP contribution in [0.1, 0.15) is 36.8 Å². The predicted octanol–water partition coefficient (Wildman–Crippen LogP) is 3.50. The van der Waals surface area contributed by atoms with Crippen LogP contribution in [0.3, 0.4) is 0 Å². The second-order valence-corrected chi connectivity index (χ2v) is 6.67. The van der Waals surface area contributed by atoms with Crippen LogP contribution in [0.2, 0.25) is 0 Å². The van der Waals surface area contributed by atoms with E-state index in [-0.39, 0.29) is 25.1 Å². The maximum Gasteiger partial charge on any atom is 0.306 e. The number of hydrogen-bond acceptors (Lipinski definition) is 4. The lowest BCUT2D eigenvalue weighted by atomic mass is 9.93. The van der Waals surface area contributed by atoms with E-state index >= 15 is 0 Å². The molecule has 0 aromatic heterocycles. The summed E-state index contributed by atoms with van der Waals surface area (Å²) in [5, 5.41) is 19.7. The molecule has 2 N–H and O–H groups in total. The summed E-state index contributed by atoms with van der Waals surface area (Å²) in [5.74, 6) is -0.221. The third-order valence-corrected chi connectivity index (χ3v) is 4.39. The van der Waals surface area contributed by atoms with E-state index in [0.29, 0.717) is 25.7 Å². The van der Waals surface area contributed by atoms with Crippen LogP contribution in [0.25, 0.3) is 0 Å². The van der Waals surface area contributed by atoms with Crippen molar-refractivity contribution in [3.8, 4) is 0 Å². The fourth-order valence-electron chi connectivity index (χ4n) is 2.96. The van der Waals surface area contributed by atoms with Crippen molar-refractivity contribution in [2.45, 2.75) is 44.8 Å². The lowest BCUT2D eigenvalue weighted by molar-refractivity contribution is -0.145. The molecule has 0 fully saturated rings. The fraction of sp³-hybridized carbons (Fsp3) is 0.409. The lowest BCUT2D eigenvalue weighted by Crippen LogP contribution is -2.19. The molecule has 140 valence electrons. The van der Waals surface area contributed by atoms with Gasteiger partial charge in [0.05, 0.1) is 6.10 Å². The van der Waals surface area contributed by atoms with Gasteiger partial charge in [-0.3, -0.25) is 4.79 Å². The first-order chi connectivity index (χ1) is 12.7. The SMILES string of the molecule is O=C(CCCC(O)CC(CO)Cc1ccccc1)OCc1ccccc1. The quantitative estimate of drug-likeness (QED) is 0.605. The topological polar surface area (TPSA) is 66.8 Å². The number of aliphatic hydroxyl groups is 2. The zero-order chi connectivity index (χ0) is 18.6. The molecule has 2 aromatic carbocycles. The molecule has 0 saturated heterocycles. The highest BCUT2D eigenvalue weighted by molar-refractivity contribution is 5.69. The van der Waals surface area contributed by atoms with Gasteiger partial charge in [-0.05, 0) is 42.7 Å². The standard InChI is InChI=1S/C22H28O4/c23-16-20(14-18-8-3-1-4-9-18)15-21(24)12-7-13-22(25)26-17-19-10-5-2-6-11-19/h1-6,8-11,20-21,23-24H,7,12-17H2. The van der Waals surface area contributed by atoms with Crippen molar-refractivity contribution in [1.29, 1.82) is 0 Å². The Morgan fingerprint density at radius 1 is 0.962 bits per heavy atom. The van der Waals surface area contributed by atoms with E-state index in [9.17, 15) is 15.0 Å². The Labute approximate surface area is 155 Å². The number of hydrogen-bond donors (Lipinski definition) is 2. The predicted molar refractivity (Wildman–Crippen MR) is 101 cm³/mol. The molecule has 4 heteroatoms. The van der Waals surface area contributed by atoms with E-state index in [1.807, 2.05) is 60.7 Å². The summed E-state index contributed by atoms with van der Waals surface area (Å²) in [6, 6.07) is 19.5. The molecule has 0 saturated carbocycles. The summed E-state index contributed by atoms with van der Waals surface area (Å²) in [4.78, 5) is 11.8. The zero-order valence-electron chi connectivity index (χ0n) is 15.1. The maximum atomic E-state index is 11.8. The van der Waals surface area contributed by atoms with E-state index in [2.05, 4.69) is 0 Å². The Hall–Kier alpha value is -2.17. The monoisotopic (exact) mass is 356 g/mol. The van der Waals surface area contributed by atoms with E-state index in [1.165, 1.54) is 0 Å². The minimum absolute atomic E-state index is 0.0254. The van der Waals surface area contributed by atoms with Gasteiger partial charge in [0, 0.05) is 13.0 Å². The third kappa shape index (κ3) is 7.81. The molecule has 2 unspecified atom stereocenters. The third-order valence-electron chi connectivity index (χ3n) is 4.39. The van der Waals surface area contributed by atoms with Crippen molar-refractivity contribution in [2.24, 2.45) is 5.92 Å². The van der Waals surface area contributed by atoms with Crippen LogP contribution in [0.15, 0.2) is 60.7 Å². The van der Waals surface area contributed by atoms with Gasteiger partial charge in [-0.1, -0.05) is 60.7 Å². The van der Waals surface area contributed by atoms with E-state index in [4.69, 9.17) is 4.74 Å². The van der Waals surface area contributed by atoms with E-state index in [1.54, 1.807) is 0 Å². The van der Waals surface area contributed by atoms with Crippen LogP contribution in [0.5, 0.6) is 0 Å². The molecule has 0 spiro atoms. The van der Waals surface area contributed by atoms with E-state index < -0.39 is 6.10 Å². The molecule has 0 radical (unpaired) electrons. The van der Waals surface area contributed by atoms with Crippen molar-refractivity contribution >= 4 is 5.97 Å². The van der Waals surface area contributed by atoms with Crippen LogP contribution in [-0.4, -0.2) is 28.9 Å². The van der Waals surface area contributed by atoms with Gasteiger partial charge in [-0.15, -0.1) is 0 Å². The molecule has 4 nitrogen and oxygen atoms in total. The average Bonchev–Trinajstić information content (AvgIpc) is 2.67. The molecule has 0 amide bonds. The summed E-state index contributed by atoms with van der Waals surface area (Å²) in [6.45, 7) is 0.330. The fourth-order valence-corrected chi connectivity index (χ4v) is 2.96. The first-order valence-electron chi connectivity index (χ1n) is 9.19. The average molecular weight is 356 g/mol. The summed E-state index contributed by atoms with van der Waals surface area (Å²) < 4.78 is 5.23. The number of carbonyl (C=O) groups excluding carboxylic acids is 1. The Morgan fingerprint density at radius 2 is 1.58 bits per heavy atom. The van der Waals surface area contributed by atoms with Crippen molar-refractivity contribution in [2.75, 3.05) is 6.61 Å². The van der Waals surface area contributed by atoms with Crippen molar-refractivity contribution in [3.63, 3.8) is 0 Å². The van der Waals surface area contributed by atoms with Crippen molar-refractivity contribution < 1.29 is 19.7 Å². The zero-order valence-corrected chi connectivity index (χ0v) is 15.1. The van der Waals surface area contributed by atoms with Crippen molar-refractivity contribution in [1.82, 2.24) is 0 Å². The lowest BCUT2D eigenvalue weighted by Gasteiger charge is -2.18. The van der Waals surface area contributed by atoms with Crippen LogP contribution in [0.4, 0.5) is 0 Å². The molecule has 0 bridgehead atoms. The molecular formula is C22H28O4. The highest BCUT2D eigenvalue weighted by Gasteiger charge is 2.15. The molecule has 0 aliphatic carbocycles. The van der Waals surface area contributed by atoms with Crippen LogP contribution >= 0.6 is 0 Å².